The van der Waals surface area contributed by atoms with E-state index in [9.17, 15) is 5.11 Å². The highest BCUT2D eigenvalue weighted by molar-refractivity contribution is 5.18. The van der Waals surface area contributed by atoms with Crippen LogP contribution in [-0.2, 0) is 0 Å². The molecule has 0 radical (unpaired) electrons. The van der Waals surface area contributed by atoms with Crippen molar-refractivity contribution in [2.45, 2.75) is 51.0 Å². The average Bonchev–Trinajstić information content (AvgIpc) is 1.95. The largest absolute Gasteiger partial charge is 0.393 e. The molecule has 0 amide bonds. The Morgan fingerprint density at radius 3 is 2.09 bits per heavy atom. The molecule has 62 valence electrons. The Balaban J connectivity index is 1.96. The summed E-state index contributed by atoms with van der Waals surface area (Å²) in [5.74, 6) is 0. The Hall–Kier alpha value is -0.0400. The SMILES string of the molecule is OC1CCCC23CCC12CC3. The molecule has 3 rings (SSSR count). The summed E-state index contributed by atoms with van der Waals surface area (Å²) in [4.78, 5) is 0. The summed E-state index contributed by atoms with van der Waals surface area (Å²) in [6, 6.07) is 0. The Labute approximate surface area is 67.8 Å². The van der Waals surface area contributed by atoms with Crippen LogP contribution >= 0.6 is 0 Å². The summed E-state index contributed by atoms with van der Waals surface area (Å²) in [7, 11) is 0. The van der Waals surface area contributed by atoms with Crippen LogP contribution in [0.1, 0.15) is 44.9 Å². The van der Waals surface area contributed by atoms with E-state index in [1.54, 1.807) is 0 Å². The second-order valence-corrected chi connectivity index (χ2v) is 4.84. The van der Waals surface area contributed by atoms with Gasteiger partial charge in [-0.2, -0.15) is 0 Å². The highest BCUT2D eigenvalue weighted by Gasteiger charge is 2.68. The quantitative estimate of drug-likeness (QED) is 0.563. The minimum Gasteiger partial charge on any atom is -0.393 e. The fourth-order valence-electron chi connectivity index (χ4n) is 3.95. The fourth-order valence-corrected chi connectivity index (χ4v) is 3.95. The highest BCUT2D eigenvalue weighted by Crippen LogP contribution is 2.75. The third-order valence-electron chi connectivity index (χ3n) is 4.93. The molecule has 3 fully saturated rings. The Morgan fingerprint density at radius 1 is 1.00 bits per heavy atom. The molecule has 0 aromatic rings. The number of hydrogen-bond donors (Lipinski definition) is 1. The molecule has 0 aromatic heterocycles. The highest BCUT2D eigenvalue weighted by atomic mass is 16.3. The maximum Gasteiger partial charge on any atom is 0.0601 e. The lowest BCUT2D eigenvalue weighted by molar-refractivity contribution is -0.259. The molecule has 0 spiro atoms. The van der Waals surface area contributed by atoms with Crippen LogP contribution in [0, 0.1) is 10.8 Å². The first-order valence-corrected chi connectivity index (χ1v) is 4.97. The van der Waals surface area contributed by atoms with Crippen LogP contribution in [-0.4, -0.2) is 11.2 Å². The van der Waals surface area contributed by atoms with Crippen molar-refractivity contribution in [3.8, 4) is 0 Å². The molecule has 3 aliphatic carbocycles. The van der Waals surface area contributed by atoms with E-state index >= 15 is 0 Å². The van der Waals surface area contributed by atoms with Gasteiger partial charge in [-0.15, -0.1) is 0 Å². The van der Waals surface area contributed by atoms with Crippen LogP contribution in [0.25, 0.3) is 0 Å². The summed E-state index contributed by atoms with van der Waals surface area (Å²) in [6.07, 6.45) is 9.35. The Kier molecular flexibility index (Phi) is 0.976. The first kappa shape index (κ1) is 6.47. The van der Waals surface area contributed by atoms with Crippen molar-refractivity contribution in [3.05, 3.63) is 0 Å². The minimum atomic E-state index is 0.0683. The molecule has 1 N–H and O–H groups in total. The number of aliphatic hydroxyl groups is 1. The van der Waals surface area contributed by atoms with Gasteiger partial charge in [-0.25, -0.2) is 0 Å². The summed E-state index contributed by atoms with van der Waals surface area (Å²) in [5.41, 5.74) is 1.11. The van der Waals surface area contributed by atoms with Gasteiger partial charge in [0.25, 0.3) is 0 Å². The van der Waals surface area contributed by atoms with Crippen molar-refractivity contribution in [3.63, 3.8) is 0 Å². The van der Waals surface area contributed by atoms with Crippen LogP contribution in [0.2, 0.25) is 0 Å². The number of rotatable bonds is 0. The average molecular weight is 152 g/mol. The predicted molar refractivity (Wildman–Crippen MR) is 43.2 cm³/mol. The first-order chi connectivity index (χ1) is 5.29. The molecule has 0 aliphatic heterocycles. The maximum absolute atomic E-state index is 9.88. The first-order valence-electron chi connectivity index (χ1n) is 4.97. The van der Waals surface area contributed by atoms with Crippen LogP contribution in [0.3, 0.4) is 0 Å². The molecule has 3 saturated carbocycles. The van der Waals surface area contributed by atoms with Crippen LogP contribution in [0.5, 0.6) is 0 Å². The summed E-state index contributed by atoms with van der Waals surface area (Å²) < 4.78 is 0. The molecule has 0 bridgehead atoms. The van der Waals surface area contributed by atoms with Gasteiger partial charge in [-0.1, -0.05) is 6.42 Å². The number of aliphatic hydroxyl groups excluding tert-OH is 1. The molecule has 1 heteroatoms. The van der Waals surface area contributed by atoms with E-state index in [4.69, 9.17) is 0 Å². The standard InChI is InChI=1S/C10H16O/c11-8-2-1-3-9-4-6-10(8,9)7-5-9/h8,11H,1-7H2. The molecule has 1 atom stereocenters. The fraction of sp³-hybridized carbons (Fsp3) is 1.00. The summed E-state index contributed by atoms with van der Waals surface area (Å²) in [6.45, 7) is 0. The van der Waals surface area contributed by atoms with Crippen molar-refractivity contribution in [1.82, 2.24) is 0 Å². The monoisotopic (exact) mass is 152 g/mol. The van der Waals surface area contributed by atoms with Gasteiger partial charge < -0.3 is 5.11 Å². The predicted octanol–water partition coefficient (Wildman–Crippen LogP) is 2.09. The molecule has 11 heavy (non-hydrogen) atoms. The molecule has 0 aromatic carbocycles. The van der Waals surface area contributed by atoms with Crippen molar-refractivity contribution >= 4 is 0 Å². The number of hydrogen-bond acceptors (Lipinski definition) is 1. The zero-order valence-electron chi connectivity index (χ0n) is 6.97. The van der Waals surface area contributed by atoms with Gasteiger partial charge >= 0.3 is 0 Å². The maximum atomic E-state index is 9.88. The molecule has 0 saturated heterocycles. The van der Waals surface area contributed by atoms with E-state index in [2.05, 4.69) is 0 Å². The summed E-state index contributed by atoms with van der Waals surface area (Å²) in [5, 5.41) is 9.88. The van der Waals surface area contributed by atoms with Crippen LogP contribution < -0.4 is 0 Å². The van der Waals surface area contributed by atoms with Gasteiger partial charge in [0.15, 0.2) is 0 Å². The lowest BCUT2D eigenvalue weighted by Gasteiger charge is -2.72. The van der Waals surface area contributed by atoms with Crippen molar-refractivity contribution in [2.24, 2.45) is 10.8 Å². The zero-order chi connectivity index (χ0) is 7.53. The van der Waals surface area contributed by atoms with E-state index in [0.717, 1.165) is 6.42 Å². The van der Waals surface area contributed by atoms with Crippen molar-refractivity contribution in [2.75, 3.05) is 0 Å². The normalized spacial score (nSPS) is 60.3. The smallest absolute Gasteiger partial charge is 0.0601 e. The van der Waals surface area contributed by atoms with E-state index in [1.807, 2.05) is 0 Å². The van der Waals surface area contributed by atoms with Gasteiger partial charge in [0, 0.05) is 5.41 Å². The van der Waals surface area contributed by atoms with Gasteiger partial charge in [-0.05, 0) is 43.9 Å². The Bertz CT molecular complexity index is 189. The summed E-state index contributed by atoms with van der Waals surface area (Å²) >= 11 is 0. The van der Waals surface area contributed by atoms with Gasteiger partial charge in [0.05, 0.1) is 6.10 Å². The van der Waals surface area contributed by atoms with Gasteiger partial charge in [0.2, 0.25) is 0 Å². The van der Waals surface area contributed by atoms with Gasteiger partial charge in [-0.3, -0.25) is 0 Å². The molecule has 0 heterocycles. The van der Waals surface area contributed by atoms with Crippen LogP contribution in [0.4, 0.5) is 0 Å². The van der Waals surface area contributed by atoms with Crippen LogP contribution in [0.15, 0.2) is 0 Å². The van der Waals surface area contributed by atoms with Crippen molar-refractivity contribution < 1.29 is 5.11 Å². The lowest BCUT2D eigenvalue weighted by atomic mass is 9.33. The Morgan fingerprint density at radius 2 is 1.73 bits per heavy atom. The van der Waals surface area contributed by atoms with Crippen molar-refractivity contribution in [1.29, 1.82) is 0 Å². The molecule has 1 unspecified atom stereocenters. The second-order valence-electron chi connectivity index (χ2n) is 4.84. The lowest BCUT2D eigenvalue weighted by Crippen LogP contribution is -2.66. The third kappa shape index (κ3) is 0.488. The molecule has 3 aliphatic rings. The van der Waals surface area contributed by atoms with E-state index < -0.39 is 0 Å². The van der Waals surface area contributed by atoms with E-state index in [0.29, 0.717) is 10.8 Å². The zero-order valence-corrected chi connectivity index (χ0v) is 6.97. The minimum absolute atomic E-state index is 0.0683. The van der Waals surface area contributed by atoms with Gasteiger partial charge in [0.1, 0.15) is 0 Å². The molecular weight excluding hydrogens is 136 g/mol. The van der Waals surface area contributed by atoms with E-state index in [-0.39, 0.29) is 6.10 Å². The third-order valence-corrected chi connectivity index (χ3v) is 4.93. The topological polar surface area (TPSA) is 20.2 Å². The van der Waals surface area contributed by atoms with E-state index in [1.165, 1.54) is 38.5 Å². The second kappa shape index (κ2) is 1.66. The molecule has 1 nitrogen and oxygen atoms in total. The molecular formula is C10H16O.